The number of aromatic nitrogens is 5. The molecule has 5 heterocycles. The van der Waals surface area contributed by atoms with Crippen LogP contribution in [0.2, 0.25) is 0 Å². The van der Waals surface area contributed by atoms with E-state index in [1.54, 1.807) is 6.20 Å². The first-order valence-corrected chi connectivity index (χ1v) is 23.6. The van der Waals surface area contributed by atoms with Crippen molar-refractivity contribution in [1.29, 1.82) is 0 Å². The Hall–Kier alpha value is -6.59. The molecule has 0 fully saturated rings. The smallest absolute Gasteiger partial charge is 0.0705 e. The fourth-order valence-electron chi connectivity index (χ4n) is 6.70. The lowest BCUT2D eigenvalue weighted by molar-refractivity contribution is 0.823. The van der Waals surface area contributed by atoms with Gasteiger partial charge in [0, 0.05) is 64.2 Å². The summed E-state index contributed by atoms with van der Waals surface area (Å²) in [6.07, 6.45) is 9.37. The molecular formula is C61H73N5. The summed E-state index contributed by atoms with van der Waals surface area (Å²) in [7, 11) is 0. The molecule has 0 unspecified atom stereocenters. The Balaban J connectivity index is 0.000000175. The van der Waals surface area contributed by atoms with Gasteiger partial charge in [0.15, 0.2) is 0 Å². The molecule has 342 valence electrons. The van der Waals surface area contributed by atoms with Crippen LogP contribution in [0.25, 0.3) is 32.4 Å². The average Bonchev–Trinajstić information content (AvgIpc) is 3.35. The average molecular weight is 876 g/mol. The minimum atomic E-state index is 0.492. The quantitative estimate of drug-likeness (QED) is 0.166. The number of hydrogen-bond acceptors (Lipinski definition) is 5. The summed E-state index contributed by atoms with van der Waals surface area (Å²) in [5.74, 6) is 3.30. The van der Waals surface area contributed by atoms with Gasteiger partial charge >= 0.3 is 0 Å². The van der Waals surface area contributed by atoms with E-state index in [0.29, 0.717) is 35.5 Å². The van der Waals surface area contributed by atoms with Gasteiger partial charge < -0.3 is 0 Å². The number of fused-ring (bicyclic) bond motifs is 3. The Bertz CT molecular complexity index is 2510. The van der Waals surface area contributed by atoms with Crippen LogP contribution < -0.4 is 0 Å². The van der Waals surface area contributed by atoms with E-state index >= 15 is 0 Å². The number of hydrogen-bond donors (Lipinski definition) is 0. The summed E-state index contributed by atoms with van der Waals surface area (Å²) >= 11 is 0. The van der Waals surface area contributed by atoms with E-state index in [2.05, 4.69) is 217 Å². The van der Waals surface area contributed by atoms with Crippen LogP contribution in [-0.2, 0) is 0 Å². The summed E-state index contributed by atoms with van der Waals surface area (Å²) in [4.78, 5) is 21.6. The molecule has 9 rings (SSSR count). The molecule has 0 atom stereocenters. The number of para-hydroxylation sites is 1. The molecule has 0 spiro atoms. The summed E-state index contributed by atoms with van der Waals surface area (Å²) in [5, 5.41) is 6.26. The molecule has 0 amide bonds. The second-order valence-electron chi connectivity index (χ2n) is 18.2. The molecule has 0 saturated carbocycles. The lowest BCUT2D eigenvalue weighted by Gasteiger charge is -2.07. The van der Waals surface area contributed by atoms with Gasteiger partial charge in [-0.15, -0.1) is 0 Å². The van der Waals surface area contributed by atoms with E-state index < -0.39 is 0 Å². The maximum atomic E-state index is 4.57. The summed E-state index contributed by atoms with van der Waals surface area (Å²) in [6, 6.07) is 54.0. The SMILES string of the molecule is CC(C)c1cc2ccccc2cn1.CC(C)c1ccc2ccccc2n1.CC(C)c1ccccc1.CC(C)c1ccccn1.CC(C)c1cccnc1.CC(C)c1nccc2ccccc12. The third-order valence-corrected chi connectivity index (χ3v) is 10.8. The topological polar surface area (TPSA) is 64.5 Å². The van der Waals surface area contributed by atoms with Crippen LogP contribution in [0.1, 0.15) is 152 Å². The predicted octanol–water partition coefficient (Wildman–Crippen LogP) is 17.3. The van der Waals surface area contributed by atoms with Crippen LogP contribution in [0, 0.1) is 0 Å². The Kier molecular flexibility index (Phi) is 21.8. The van der Waals surface area contributed by atoms with Crippen molar-refractivity contribution in [3.8, 4) is 0 Å². The van der Waals surface area contributed by atoms with E-state index in [0.717, 1.165) is 11.2 Å². The van der Waals surface area contributed by atoms with Crippen LogP contribution in [0.3, 0.4) is 0 Å². The van der Waals surface area contributed by atoms with Gasteiger partial charge in [0.25, 0.3) is 0 Å². The highest BCUT2D eigenvalue weighted by molar-refractivity contribution is 5.84. The van der Waals surface area contributed by atoms with Gasteiger partial charge in [-0.3, -0.25) is 24.9 Å². The fraction of sp³-hybridized carbons (Fsp3) is 0.295. The molecule has 5 aromatic heterocycles. The Morgan fingerprint density at radius 3 is 1.44 bits per heavy atom. The highest BCUT2D eigenvalue weighted by Gasteiger charge is 2.05. The molecule has 66 heavy (non-hydrogen) atoms. The molecule has 0 radical (unpaired) electrons. The third-order valence-electron chi connectivity index (χ3n) is 10.8. The summed E-state index contributed by atoms with van der Waals surface area (Å²) in [6.45, 7) is 26.0. The minimum Gasteiger partial charge on any atom is -0.264 e. The molecule has 5 heteroatoms. The Morgan fingerprint density at radius 1 is 0.318 bits per heavy atom. The van der Waals surface area contributed by atoms with Gasteiger partial charge in [0.2, 0.25) is 0 Å². The third kappa shape index (κ3) is 17.4. The van der Waals surface area contributed by atoms with Gasteiger partial charge in [-0.1, -0.05) is 198 Å². The second-order valence-corrected chi connectivity index (χ2v) is 18.2. The van der Waals surface area contributed by atoms with Crippen molar-refractivity contribution in [2.75, 3.05) is 0 Å². The van der Waals surface area contributed by atoms with Crippen LogP contribution in [0.15, 0.2) is 189 Å². The van der Waals surface area contributed by atoms with E-state index in [1.807, 2.05) is 73.3 Å². The molecule has 0 aliphatic heterocycles. The van der Waals surface area contributed by atoms with Crippen molar-refractivity contribution >= 4 is 32.4 Å². The van der Waals surface area contributed by atoms with Crippen molar-refractivity contribution in [3.63, 3.8) is 0 Å². The molecule has 0 saturated heterocycles. The van der Waals surface area contributed by atoms with Crippen molar-refractivity contribution in [1.82, 2.24) is 24.9 Å². The number of pyridine rings is 5. The van der Waals surface area contributed by atoms with E-state index in [-0.39, 0.29) is 0 Å². The Labute approximate surface area is 396 Å². The monoisotopic (exact) mass is 876 g/mol. The molecule has 0 aliphatic carbocycles. The molecule has 0 aliphatic rings. The second kappa shape index (κ2) is 27.7. The minimum absolute atomic E-state index is 0.492. The first-order chi connectivity index (χ1) is 31.7. The first kappa shape index (κ1) is 52.0. The van der Waals surface area contributed by atoms with Crippen molar-refractivity contribution in [2.45, 2.75) is 119 Å². The van der Waals surface area contributed by atoms with Crippen LogP contribution in [0.5, 0.6) is 0 Å². The van der Waals surface area contributed by atoms with Gasteiger partial charge in [0.1, 0.15) is 0 Å². The summed E-state index contributed by atoms with van der Waals surface area (Å²) in [5.41, 5.74) is 8.50. The molecule has 4 aromatic carbocycles. The number of nitrogens with zero attached hydrogens (tertiary/aromatic N) is 5. The van der Waals surface area contributed by atoms with E-state index in [1.165, 1.54) is 55.1 Å². The number of benzene rings is 4. The molecule has 0 bridgehead atoms. The van der Waals surface area contributed by atoms with Crippen LogP contribution >= 0.6 is 0 Å². The molecule has 5 nitrogen and oxygen atoms in total. The van der Waals surface area contributed by atoms with Gasteiger partial charge in [-0.05, 0) is 99.9 Å². The van der Waals surface area contributed by atoms with Gasteiger partial charge in [0.05, 0.1) is 11.2 Å². The van der Waals surface area contributed by atoms with Crippen LogP contribution in [-0.4, -0.2) is 24.9 Å². The normalized spacial score (nSPS) is 10.6. The van der Waals surface area contributed by atoms with Crippen molar-refractivity contribution < 1.29 is 0 Å². The highest BCUT2D eigenvalue weighted by Crippen LogP contribution is 2.23. The fourth-order valence-corrected chi connectivity index (χ4v) is 6.70. The van der Waals surface area contributed by atoms with E-state index in [4.69, 9.17) is 0 Å². The van der Waals surface area contributed by atoms with E-state index in [9.17, 15) is 0 Å². The van der Waals surface area contributed by atoms with Gasteiger partial charge in [-0.2, -0.15) is 0 Å². The van der Waals surface area contributed by atoms with Crippen molar-refractivity contribution in [3.05, 3.63) is 223 Å². The lowest BCUT2D eigenvalue weighted by atomic mass is 10.0. The predicted molar refractivity (Wildman–Crippen MR) is 285 cm³/mol. The highest BCUT2D eigenvalue weighted by atomic mass is 14.7. The molecule has 0 N–H and O–H groups in total. The zero-order chi connectivity index (χ0) is 47.8. The number of rotatable bonds is 6. The lowest BCUT2D eigenvalue weighted by Crippen LogP contribution is -1.92. The maximum absolute atomic E-state index is 4.57. The standard InChI is InChI=1S/3C12H13N.C9H12.2C8H11N/c1-9(2)12-7-10-5-3-4-6-11(10)8-13-12;1-9(2)11-8-7-10-5-3-4-6-12(10)13-11;1-9(2)12-11-6-4-3-5-10(11)7-8-13-12;1-8(2)9-6-4-3-5-7-9;1-7(2)8-4-3-5-9-6-8;1-7(2)8-5-3-4-6-9-8/h3*3-9H,1-2H3;3-8H,1-2H3;2*3-7H,1-2H3. The van der Waals surface area contributed by atoms with Crippen molar-refractivity contribution in [2.24, 2.45) is 0 Å². The Morgan fingerprint density at radius 2 is 0.894 bits per heavy atom. The first-order valence-electron chi connectivity index (χ1n) is 23.6. The summed E-state index contributed by atoms with van der Waals surface area (Å²) < 4.78 is 0. The zero-order valence-corrected chi connectivity index (χ0v) is 41.6. The van der Waals surface area contributed by atoms with Crippen LogP contribution in [0.4, 0.5) is 0 Å². The molecule has 9 aromatic rings. The van der Waals surface area contributed by atoms with Gasteiger partial charge in [-0.25, -0.2) is 0 Å². The largest absolute Gasteiger partial charge is 0.264 e. The maximum Gasteiger partial charge on any atom is 0.0705 e. The zero-order valence-electron chi connectivity index (χ0n) is 41.6. The molecular weight excluding hydrogens is 803 g/mol.